The van der Waals surface area contributed by atoms with Gasteiger partial charge in [-0.25, -0.2) is 4.68 Å². The molecule has 4 rings (SSSR count). The summed E-state index contributed by atoms with van der Waals surface area (Å²) in [5.41, 5.74) is 5.43. The molecule has 120 valence electrons. The molecule has 2 aromatic rings. The zero-order chi connectivity index (χ0) is 15.5. The van der Waals surface area contributed by atoms with Crippen LogP contribution in [0.4, 0.5) is 0 Å². The standard InChI is InChI=1S/C20H25N3/c1-3-9-18(10-4-1)23-20-11-7-8-17(19(20)16-21-23)12-15-22-13-5-2-6-14-22/h1,3-4,9-10,12,16H,2,5-8,11,13-15H2. The molecule has 0 amide bonds. The molecule has 3 nitrogen and oxygen atoms in total. The summed E-state index contributed by atoms with van der Waals surface area (Å²) in [5.74, 6) is 0. The Labute approximate surface area is 138 Å². The first kappa shape index (κ1) is 14.7. The van der Waals surface area contributed by atoms with Gasteiger partial charge in [0.1, 0.15) is 0 Å². The predicted molar refractivity (Wildman–Crippen MR) is 94.8 cm³/mol. The van der Waals surface area contributed by atoms with E-state index in [-0.39, 0.29) is 0 Å². The molecule has 23 heavy (non-hydrogen) atoms. The molecule has 3 heteroatoms. The molecule has 1 aliphatic heterocycles. The van der Waals surface area contributed by atoms with E-state index in [2.05, 4.69) is 57.3 Å². The van der Waals surface area contributed by atoms with E-state index < -0.39 is 0 Å². The topological polar surface area (TPSA) is 21.1 Å². The molecule has 1 aromatic heterocycles. The van der Waals surface area contributed by atoms with Crippen molar-refractivity contribution in [2.45, 2.75) is 38.5 Å². The summed E-state index contributed by atoms with van der Waals surface area (Å²) >= 11 is 0. The SMILES string of the molecule is C(CN1CCCCC1)=C1CCCc2c1cnn2-c1ccccc1. The average Bonchev–Trinajstić information content (AvgIpc) is 3.06. The lowest BCUT2D eigenvalue weighted by Crippen LogP contribution is -2.29. The Morgan fingerprint density at radius 3 is 2.61 bits per heavy atom. The monoisotopic (exact) mass is 307 g/mol. The van der Waals surface area contributed by atoms with Crippen LogP contribution in [0, 0.1) is 0 Å². The van der Waals surface area contributed by atoms with E-state index in [1.165, 1.54) is 67.7 Å². The van der Waals surface area contributed by atoms with Crippen molar-refractivity contribution in [2.75, 3.05) is 19.6 Å². The van der Waals surface area contributed by atoms with Crippen molar-refractivity contribution in [1.82, 2.24) is 14.7 Å². The van der Waals surface area contributed by atoms with Crippen LogP contribution in [0.25, 0.3) is 11.3 Å². The number of likely N-dealkylation sites (tertiary alicyclic amines) is 1. The molecule has 0 unspecified atom stereocenters. The van der Waals surface area contributed by atoms with Crippen molar-refractivity contribution in [2.24, 2.45) is 0 Å². The molecule has 1 saturated heterocycles. The van der Waals surface area contributed by atoms with Crippen molar-refractivity contribution in [3.63, 3.8) is 0 Å². The second kappa shape index (κ2) is 6.71. The first-order chi connectivity index (χ1) is 11.4. The fourth-order valence-corrected chi connectivity index (χ4v) is 3.85. The van der Waals surface area contributed by atoms with Crippen LogP contribution in [0.3, 0.4) is 0 Å². The number of fused-ring (bicyclic) bond motifs is 1. The summed E-state index contributed by atoms with van der Waals surface area (Å²) in [6, 6.07) is 10.5. The smallest absolute Gasteiger partial charge is 0.0649 e. The highest BCUT2D eigenvalue weighted by atomic mass is 15.3. The zero-order valence-electron chi connectivity index (χ0n) is 13.7. The fourth-order valence-electron chi connectivity index (χ4n) is 3.85. The van der Waals surface area contributed by atoms with Gasteiger partial charge < -0.3 is 0 Å². The third-order valence-corrected chi connectivity index (χ3v) is 5.12. The molecule has 0 bridgehead atoms. The van der Waals surface area contributed by atoms with Gasteiger partial charge in [-0.2, -0.15) is 5.10 Å². The number of allylic oxidation sites excluding steroid dienone is 1. The summed E-state index contributed by atoms with van der Waals surface area (Å²) in [7, 11) is 0. The van der Waals surface area contributed by atoms with Gasteiger partial charge in [-0.05, 0) is 62.9 Å². The van der Waals surface area contributed by atoms with Crippen molar-refractivity contribution < 1.29 is 0 Å². The number of para-hydroxylation sites is 1. The summed E-state index contributed by atoms with van der Waals surface area (Å²) < 4.78 is 2.13. The van der Waals surface area contributed by atoms with Crippen molar-refractivity contribution >= 4 is 5.57 Å². The molecule has 2 aliphatic rings. The van der Waals surface area contributed by atoms with E-state index in [4.69, 9.17) is 0 Å². The van der Waals surface area contributed by atoms with Gasteiger partial charge in [-0.3, -0.25) is 4.90 Å². The summed E-state index contributed by atoms with van der Waals surface area (Å²) in [6.07, 6.45) is 12.2. The molecule has 0 radical (unpaired) electrons. The summed E-state index contributed by atoms with van der Waals surface area (Å²) in [4.78, 5) is 2.59. The molecule has 1 fully saturated rings. The number of hydrogen-bond donors (Lipinski definition) is 0. The summed E-state index contributed by atoms with van der Waals surface area (Å²) in [6.45, 7) is 3.63. The van der Waals surface area contributed by atoms with E-state index in [1.54, 1.807) is 0 Å². The minimum Gasteiger partial charge on any atom is -0.300 e. The van der Waals surface area contributed by atoms with Gasteiger partial charge in [0.2, 0.25) is 0 Å². The quantitative estimate of drug-likeness (QED) is 0.852. The number of hydrogen-bond acceptors (Lipinski definition) is 2. The van der Waals surface area contributed by atoms with Crippen LogP contribution in [-0.4, -0.2) is 34.3 Å². The van der Waals surface area contributed by atoms with Crippen LogP contribution in [-0.2, 0) is 6.42 Å². The van der Waals surface area contributed by atoms with Crippen LogP contribution in [0.2, 0.25) is 0 Å². The number of benzene rings is 1. The van der Waals surface area contributed by atoms with Crippen LogP contribution in [0.5, 0.6) is 0 Å². The lowest BCUT2D eigenvalue weighted by Gasteiger charge is -2.26. The first-order valence-corrected chi connectivity index (χ1v) is 8.96. The number of aromatic nitrogens is 2. The van der Waals surface area contributed by atoms with E-state index in [0.29, 0.717) is 0 Å². The van der Waals surface area contributed by atoms with E-state index in [1.807, 2.05) is 0 Å². The maximum atomic E-state index is 4.68. The predicted octanol–water partition coefficient (Wildman–Crippen LogP) is 4.08. The number of piperidine rings is 1. The highest BCUT2D eigenvalue weighted by Gasteiger charge is 2.20. The Kier molecular flexibility index (Phi) is 4.29. The summed E-state index contributed by atoms with van der Waals surface area (Å²) in [5, 5.41) is 4.68. The Bertz CT molecular complexity index is 678. The maximum absolute atomic E-state index is 4.68. The average molecular weight is 307 g/mol. The molecule has 0 spiro atoms. The Balaban J connectivity index is 1.58. The lowest BCUT2D eigenvalue weighted by molar-refractivity contribution is 0.251. The molecule has 0 atom stereocenters. The molecule has 1 aromatic carbocycles. The molecule has 0 saturated carbocycles. The van der Waals surface area contributed by atoms with Crippen molar-refractivity contribution in [3.8, 4) is 5.69 Å². The van der Waals surface area contributed by atoms with E-state index in [9.17, 15) is 0 Å². The van der Waals surface area contributed by atoms with Crippen molar-refractivity contribution in [1.29, 1.82) is 0 Å². The van der Waals surface area contributed by atoms with Crippen LogP contribution in [0.15, 0.2) is 42.6 Å². The van der Waals surface area contributed by atoms with E-state index in [0.717, 1.165) is 13.0 Å². The van der Waals surface area contributed by atoms with Gasteiger partial charge in [0.05, 0.1) is 17.6 Å². The Hall–Kier alpha value is -1.87. The zero-order valence-corrected chi connectivity index (χ0v) is 13.7. The molecule has 1 aliphatic carbocycles. The second-order valence-electron chi connectivity index (χ2n) is 6.70. The largest absolute Gasteiger partial charge is 0.300 e. The minimum atomic E-state index is 1.10. The highest BCUT2D eigenvalue weighted by Crippen LogP contribution is 2.32. The van der Waals surface area contributed by atoms with E-state index >= 15 is 0 Å². The fraction of sp³-hybridized carbons (Fsp3) is 0.450. The maximum Gasteiger partial charge on any atom is 0.0649 e. The van der Waals surface area contributed by atoms with Crippen molar-refractivity contribution in [3.05, 3.63) is 53.9 Å². The van der Waals surface area contributed by atoms with Gasteiger partial charge in [-0.15, -0.1) is 0 Å². The van der Waals surface area contributed by atoms with Gasteiger partial charge in [0.15, 0.2) is 0 Å². The number of nitrogens with zero attached hydrogens (tertiary/aromatic N) is 3. The van der Waals surface area contributed by atoms with Crippen LogP contribution >= 0.6 is 0 Å². The van der Waals surface area contributed by atoms with Crippen LogP contribution in [0.1, 0.15) is 43.4 Å². The Morgan fingerprint density at radius 1 is 0.957 bits per heavy atom. The molecular weight excluding hydrogens is 282 g/mol. The Morgan fingerprint density at radius 2 is 1.78 bits per heavy atom. The molecule has 0 N–H and O–H groups in total. The molecular formula is C20H25N3. The van der Waals surface area contributed by atoms with Gasteiger partial charge >= 0.3 is 0 Å². The lowest BCUT2D eigenvalue weighted by atomic mass is 9.92. The third-order valence-electron chi connectivity index (χ3n) is 5.12. The van der Waals surface area contributed by atoms with Crippen LogP contribution < -0.4 is 0 Å². The second-order valence-corrected chi connectivity index (χ2v) is 6.70. The third kappa shape index (κ3) is 3.11. The van der Waals surface area contributed by atoms with Gasteiger partial charge in [0, 0.05) is 12.1 Å². The van der Waals surface area contributed by atoms with Gasteiger partial charge in [0.25, 0.3) is 0 Å². The highest BCUT2D eigenvalue weighted by molar-refractivity contribution is 5.69. The van der Waals surface area contributed by atoms with Gasteiger partial charge in [-0.1, -0.05) is 30.7 Å². The first-order valence-electron chi connectivity index (χ1n) is 8.96. The molecule has 2 heterocycles. The normalized spacial score (nSPS) is 20.6. The number of rotatable bonds is 3. The minimum absolute atomic E-state index is 1.10.